The number of hydrogen-bond donors (Lipinski definition) is 2. The average Bonchev–Trinajstić information content (AvgIpc) is 2.60. The first-order valence-corrected chi connectivity index (χ1v) is 8.52. The quantitative estimate of drug-likeness (QED) is 0.623. The van der Waals surface area contributed by atoms with Gasteiger partial charge in [-0.05, 0) is 48.7 Å². The van der Waals surface area contributed by atoms with E-state index in [1.54, 1.807) is 7.11 Å². The minimum Gasteiger partial charge on any atom is -0.495 e. The Morgan fingerprint density at radius 3 is 2.33 bits per heavy atom. The fraction of sp³-hybridized carbons (Fsp3) is 0.400. The van der Waals surface area contributed by atoms with E-state index in [2.05, 4.69) is 24.5 Å². The second kappa shape index (κ2) is 9.71. The molecule has 0 atom stereocenters. The second-order valence-corrected chi connectivity index (χ2v) is 6.11. The summed E-state index contributed by atoms with van der Waals surface area (Å²) in [5.74, 6) is 2.45. The van der Waals surface area contributed by atoms with Crippen LogP contribution < -0.4 is 20.1 Å². The highest BCUT2D eigenvalue weighted by atomic mass is 16.5. The zero-order valence-electron chi connectivity index (χ0n) is 14.8. The first kappa shape index (κ1) is 18.0. The number of nitrogens with one attached hydrogen (secondary N) is 2. The summed E-state index contributed by atoms with van der Waals surface area (Å²) >= 11 is 0. The smallest absolute Gasteiger partial charge is 0.141 e. The Balaban J connectivity index is 1.70. The van der Waals surface area contributed by atoms with E-state index >= 15 is 0 Å². The van der Waals surface area contributed by atoms with Crippen molar-refractivity contribution in [1.29, 1.82) is 0 Å². The van der Waals surface area contributed by atoms with Crippen molar-refractivity contribution in [3.05, 3.63) is 48.5 Å². The van der Waals surface area contributed by atoms with Crippen molar-refractivity contribution in [2.45, 2.75) is 20.3 Å². The molecular formula is C20H28N2O2. The fourth-order valence-electron chi connectivity index (χ4n) is 2.28. The van der Waals surface area contributed by atoms with E-state index in [0.29, 0.717) is 5.92 Å². The van der Waals surface area contributed by atoms with Gasteiger partial charge in [0.25, 0.3) is 0 Å². The van der Waals surface area contributed by atoms with Gasteiger partial charge < -0.3 is 20.1 Å². The minimum absolute atomic E-state index is 0.668. The molecule has 4 nitrogen and oxygen atoms in total. The van der Waals surface area contributed by atoms with Gasteiger partial charge in [0, 0.05) is 18.8 Å². The topological polar surface area (TPSA) is 42.5 Å². The molecule has 0 radical (unpaired) electrons. The number of rotatable bonds is 10. The van der Waals surface area contributed by atoms with Gasteiger partial charge in [0.1, 0.15) is 11.5 Å². The van der Waals surface area contributed by atoms with Crippen LogP contribution in [-0.2, 0) is 0 Å². The Bertz CT molecular complexity index is 597. The Hall–Kier alpha value is -2.36. The van der Waals surface area contributed by atoms with E-state index in [1.807, 2.05) is 48.5 Å². The number of ether oxygens (including phenoxy) is 2. The highest BCUT2D eigenvalue weighted by molar-refractivity contribution is 5.56. The lowest BCUT2D eigenvalue weighted by Crippen LogP contribution is -2.14. The van der Waals surface area contributed by atoms with Crippen molar-refractivity contribution in [1.82, 2.24) is 0 Å². The highest BCUT2D eigenvalue weighted by Gasteiger charge is 2.00. The van der Waals surface area contributed by atoms with Gasteiger partial charge in [-0.3, -0.25) is 0 Å². The van der Waals surface area contributed by atoms with Crippen molar-refractivity contribution in [3.8, 4) is 11.5 Å². The Kier molecular flexibility index (Phi) is 7.27. The number of para-hydroxylation sites is 2. The molecule has 0 aromatic heterocycles. The molecule has 0 heterocycles. The monoisotopic (exact) mass is 328 g/mol. The molecule has 0 aliphatic heterocycles. The van der Waals surface area contributed by atoms with E-state index in [0.717, 1.165) is 49.0 Å². The summed E-state index contributed by atoms with van der Waals surface area (Å²) in [6, 6.07) is 16.0. The molecule has 2 aromatic rings. The molecule has 0 bridgehead atoms. The van der Waals surface area contributed by atoms with Gasteiger partial charge in [-0.1, -0.05) is 26.0 Å². The van der Waals surface area contributed by atoms with Crippen LogP contribution in [0, 0.1) is 5.92 Å². The Morgan fingerprint density at radius 2 is 1.62 bits per heavy atom. The minimum atomic E-state index is 0.668. The predicted octanol–water partition coefficient (Wildman–Crippen LogP) is 4.64. The third-order valence-electron chi connectivity index (χ3n) is 3.69. The molecule has 2 aromatic carbocycles. The summed E-state index contributed by atoms with van der Waals surface area (Å²) in [6.07, 6.45) is 1.08. The Morgan fingerprint density at radius 1 is 0.917 bits per heavy atom. The largest absolute Gasteiger partial charge is 0.495 e. The standard InChI is InChI=1S/C20H28N2O2/c1-16(2)12-15-24-18-10-8-17(9-11-18)21-13-14-22-19-6-4-5-7-20(19)23-3/h4-11,16,21-22H,12-15H2,1-3H3. The van der Waals surface area contributed by atoms with Crippen LogP contribution in [0.2, 0.25) is 0 Å². The molecule has 0 aliphatic rings. The molecule has 0 unspecified atom stereocenters. The first-order valence-electron chi connectivity index (χ1n) is 8.52. The van der Waals surface area contributed by atoms with Crippen LogP contribution in [0.3, 0.4) is 0 Å². The molecule has 0 saturated heterocycles. The number of hydrogen-bond acceptors (Lipinski definition) is 4. The van der Waals surface area contributed by atoms with Crippen LogP contribution in [0.5, 0.6) is 11.5 Å². The number of methoxy groups -OCH3 is 1. The van der Waals surface area contributed by atoms with E-state index in [1.165, 1.54) is 0 Å². The number of benzene rings is 2. The molecule has 130 valence electrons. The van der Waals surface area contributed by atoms with Crippen LogP contribution in [0.15, 0.2) is 48.5 Å². The molecular weight excluding hydrogens is 300 g/mol. The van der Waals surface area contributed by atoms with Gasteiger partial charge in [0.15, 0.2) is 0 Å². The normalized spacial score (nSPS) is 10.5. The summed E-state index contributed by atoms with van der Waals surface area (Å²) in [5.41, 5.74) is 2.10. The van der Waals surface area contributed by atoms with E-state index in [4.69, 9.17) is 9.47 Å². The fourth-order valence-corrected chi connectivity index (χ4v) is 2.28. The van der Waals surface area contributed by atoms with Gasteiger partial charge >= 0.3 is 0 Å². The molecule has 2 rings (SSSR count). The van der Waals surface area contributed by atoms with Gasteiger partial charge in [0.05, 0.1) is 19.4 Å². The number of anilines is 2. The molecule has 24 heavy (non-hydrogen) atoms. The van der Waals surface area contributed by atoms with Gasteiger partial charge in [-0.25, -0.2) is 0 Å². The van der Waals surface area contributed by atoms with Crippen molar-refractivity contribution < 1.29 is 9.47 Å². The Labute approximate surface area is 145 Å². The van der Waals surface area contributed by atoms with Crippen molar-refractivity contribution in [3.63, 3.8) is 0 Å². The van der Waals surface area contributed by atoms with Gasteiger partial charge in [-0.2, -0.15) is 0 Å². The first-order chi connectivity index (χ1) is 11.7. The molecule has 0 amide bonds. The summed E-state index contributed by atoms with van der Waals surface area (Å²) < 4.78 is 11.1. The summed E-state index contributed by atoms with van der Waals surface area (Å²) in [4.78, 5) is 0. The lowest BCUT2D eigenvalue weighted by molar-refractivity contribution is 0.289. The maximum atomic E-state index is 5.73. The van der Waals surface area contributed by atoms with E-state index < -0.39 is 0 Å². The van der Waals surface area contributed by atoms with Crippen LogP contribution in [-0.4, -0.2) is 26.8 Å². The van der Waals surface area contributed by atoms with Crippen LogP contribution in [0.1, 0.15) is 20.3 Å². The van der Waals surface area contributed by atoms with E-state index in [-0.39, 0.29) is 0 Å². The highest BCUT2D eigenvalue weighted by Crippen LogP contribution is 2.22. The SMILES string of the molecule is COc1ccccc1NCCNc1ccc(OCCC(C)C)cc1. The summed E-state index contributed by atoms with van der Waals surface area (Å²) in [7, 11) is 1.68. The predicted molar refractivity (Wildman–Crippen MR) is 101 cm³/mol. The molecule has 0 aliphatic carbocycles. The molecule has 4 heteroatoms. The van der Waals surface area contributed by atoms with Gasteiger partial charge in [0.2, 0.25) is 0 Å². The van der Waals surface area contributed by atoms with Crippen molar-refractivity contribution >= 4 is 11.4 Å². The summed E-state index contributed by atoms with van der Waals surface area (Å²) in [5, 5.41) is 6.77. The maximum Gasteiger partial charge on any atom is 0.141 e. The maximum absolute atomic E-state index is 5.73. The zero-order valence-corrected chi connectivity index (χ0v) is 14.8. The molecule has 0 fully saturated rings. The molecule has 0 saturated carbocycles. The third kappa shape index (κ3) is 6.03. The zero-order chi connectivity index (χ0) is 17.2. The van der Waals surface area contributed by atoms with Crippen LogP contribution >= 0.6 is 0 Å². The van der Waals surface area contributed by atoms with Gasteiger partial charge in [-0.15, -0.1) is 0 Å². The average molecular weight is 328 g/mol. The lowest BCUT2D eigenvalue weighted by Gasteiger charge is -2.12. The van der Waals surface area contributed by atoms with Crippen LogP contribution in [0.25, 0.3) is 0 Å². The van der Waals surface area contributed by atoms with E-state index in [9.17, 15) is 0 Å². The molecule has 2 N–H and O–H groups in total. The van der Waals surface area contributed by atoms with Crippen LogP contribution in [0.4, 0.5) is 11.4 Å². The van der Waals surface area contributed by atoms with Crippen molar-refractivity contribution in [2.24, 2.45) is 5.92 Å². The lowest BCUT2D eigenvalue weighted by atomic mass is 10.1. The summed E-state index contributed by atoms with van der Waals surface area (Å²) in [6.45, 7) is 6.82. The van der Waals surface area contributed by atoms with Crippen molar-refractivity contribution in [2.75, 3.05) is 37.4 Å². The second-order valence-electron chi connectivity index (χ2n) is 6.11. The molecule has 0 spiro atoms. The third-order valence-corrected chi connectivity index (χ3v) is 3.69.